The monoisotopic (exact) mass is 295 g/mol. The van der Waals surface area contributed by atoms with Crippen molar-refractivity contribution >= 4 is 16.9 Å². The molecule has 3 rings (SSSR count). The molecule has 3 nitrogen and oxygen atoms in total. The molecule has 4 heteroatoms. The second kappa shape index (κ2) is 5.22. The summed E-state index contributed by atoms with van der Waals surface area (Å²) >= 11 is 0. The fraction of sp³-hybridized carbons (Fsp3) is 0.111. The van der Waals surface area contributed by atoms with Gasteiger partial charge in [-0.05, 0) is 49.2 Å². The molecule has 0 saturated heterocycles. The summed E-state index contributed by atoms with van der Waals surface area (Å²) in [6.07, 6.45) is 0. The van der Waals surface area contributed by atoms with Gasteiger partial charge in [-0.2, -0.15) is 0 Å². The van der Waals surface area contributed by atoms with Gasteiger partial charge >= 0.3 is 5.97 Å². The molecule has 0 aliphatic carbocycles. The maximum atomic E-state index is 13.4. The number of pyridine rings is 1. The van der Waals surface area contributed by atoms with E-state index in [2.05, 4.69) is 4.98 Å². The van der Waals surface area contributed by atoms with Crippen LogP contribution in [-0.4, -0.2) is 16.1 Å². The first kappa shape index (κ1) is 14.2. The van der Waals surface area contributed by atoms with Crippen LogP contribution in [0.25, 0.3) is 22.2 Å². The zero-order chi connectivity index (χ0) is 15.9. The zero-order valence-corrected chi connectivity index (χ0v) is 12.2. The molecular formula is C18H14FNO2. The van der Waals surface area contributed by atoms with Gasteiger partial charge in [-0.15, -0.1) is 0 Å². The zero-order valence-electron chi connectivity index (χ0n) is 12.2. The largest absolute Gasteiger partial charge is 0.478 e. The Labute approximate surface area is 127 Å². The molecule has 1 heterocycles. The molecule has 110 valence electrons. The van der Waals surface area contributed by atoms with Crippen molar-refractivity contribution in [1.82, 2.24) is 4.98 Å². The van der Waals surface area contributed by atoms with Crippen LogP contribution >= 0.6 is 0 Å². The number of aryl methyl sites for hydroxylation is 2. The third kappa shape index (κ3) is 2.44. The van der Waals surface area contributed by atoms with Crippen LogP contribution in [-0.2, 0) is 0 Å². The van der Waals surface area contributed by atoms with Gasteiger partial charge in [0, 0.05) is 10.9 Å². The highest BCUT2D eigenvalue weighted by Gasteiger charge is 2.15. The SMILES string of the molecule is Cc1cc(C)c2c(C(=O)O)cc(-c3cccc(F)c3)nc2c1. The quantitative estimate of drug-likeness (QED) is 0.764. The topological polar surface area (TPSA) is 50.2 Å². The second-order valence-corrected chi connectivity index (χ2v) is 5.35. The molecular weight excluding hydrogens is 281 g/mol. The molecule has 3 aromatic rings. The first-order chi connectivity index (χ1) is 10.5. The highest BCUT2D eigenvalue weighted by molar-refractivity contribution is 6.05. The molecule has 0 atom stereocenters. The Morgan fingerprint density at radius 2 is 1.91 bits per heavy atom. The Morgan fingerprint density at radius 1 is 1.14 bits per heavy atom. The first-order valence-electron chi connectivity index (χ1n) is 6.87. The van der Waals surface area contributed by atoms with Gasteiger partial charge in [-0.3, -0.25) is 0 Å². The van der Waals surface area contributed by atoms with E-state index in [0.717, 1.165) is 11.1 Å². The van der Waals surface area contributed by atoms with E-state index in [1.165, 1.54) is 18.2 Å². The van der Waals surface area contributed by atoms with Gasteiger partial charge in [0.25, 0.3) is 0 Å². The second-order valence-electron chi connectivity index (χ2n) is 5.35. The Hall–Kier alpha value is -2.75. The highest BCUT2D eigenvalue weighted by Crippen LogP contribution is 2.28. The van der Waals surface area contributed by atoms with E-state index in [4.69, 9.17) is 0 Å². The number of fused-ring (bicyclic) bond motifs is 1. The van der Waals surface area contributed by atoms with Crippen LogP contribution < -0.4 is 0 Å². The van der Waals surface area contributed by atoms with Crippen molar-refractivity contribution in [1.29, 1.82) is 0 Å². The molecule has 2 aromatic carbocycles. The molecule has 0 fully saturated rings. The van der Waals surface area contributed by atoms with Crippen molar-refractivity contribution in [2.45, 2.75) is 13.8 Å². The van der Waals surface area contributed by atoms with Crippen molar-refractivity contribution in [2.24, 2.45) is 0 Å². The minimum atomic E-state index is -1.02. The summed E-state index contributed by atoms with van der Waals surface area (Å²) in [7, 11) is 0. The van der Waals surface area contributed by atoms with Gasteiger partial charge in [0.05, 0.1) is 16.8 Å². The number of carboxylic acid groups (broad SMARTS) is 1. The van der Waals surface area contributed by atoms with Crippen molar-refractivity contribution < 1.29 is 14.3 Å². The van der Waals surface area contributed by atoms with Gasteiger partial charge in [-0.1, -0.05) is 18.2 Å². The molecule has 0 radical (unpaired) electrons. The Bertz CT molecular complexity index is 903. The number of nitrogens with zero attached hydrogens (tertiary/aromatic N) is 1. The van der Waals surface area contributed by atoms with Crippen LogP contribution in [0.5, 0.6) is 0 Å². The van der Waals surface area contributed by atoms with Gasteiger partial charge in [0.15, 0.2) is 0 Å². The van der Waals surface area contributed by atoms with Crippen LogP contribution in [0.15, 0.2) is 42.5 Å². The average Bonchev–Trinajstić information content (AvgIpc) is 2.45. The maximum Gasteiger partial charge on any atom is 0.336 e. The van der Waals surface area contributed by atoms with Gasteiger partial charge in [0.1, 0.15) is 5.82 Å². The van der Waals surface area contributed by atoms with E-state index >= 15 is 0 Å². The fourth-order valence-electron chi connectivity index (χ4n) is 2.72. The number of benzene rings is 2. The standard InChI is InChI=1S/C18H14FNO2/c1-10-6-11(2)17-14(18(21)22)9-15(20-16(17)7-10)12-4-3-5-13(19)8-12/h3-9H,1-2H3,(H,21,22). The third-order valence-corrected chi connectivity index (χ3v) is 3.60. The number of aromatic nitrogens is 1. The van der Waals surface area contributed by atoms with E-state index in [9.17, 15) is 14.3 Å². The number of hydrogen-bond donors (Lipinski definition) is 1. The minimum absolute atomic E-state index is 0.182. The molecule has 22 heavy (non-hydrogen) atoms. The van der Waals surface area contributed by atoms with E-state index in [1.54, 1.807) is 12.1 Å². The molecule has 0 unspecified atom stereocenters. The molecule has 0 aliphatic heterocycles. The number of rotatable bonds is 2. The van der Waals surface area contributed by atoms with Crippen LogP contribution in [0.2, 0.25) is 0 Å². The Balaban J connectivity index is 2.36. The van der Waals surface area contributed by atoms with E-state index in [0.29, 0.717) is 22.2 Å². The van der Waals surface area contributed by atoms with Gasteiger partial charge in [-0.25, -0.2) is 14.2 Å². The van der Waals surface area contributed by atoms with E-state index in [-0.39, 0.29) is 11.4 Å². The van der Waals surface area contributed by atoms with Crippen molar-refractivity contribution in [2.75, 3.05) is 0 Å². The van der Waals surface area contributed by atoms with Crippen LogP contribution in [0.3, 0.4) is 0 Å². The van der Waals surface area contributed by atoms with E-state index < -0.39 is 5.97 Å². The predicted octanol–water partition coefficient (Wildman–Crippen LogP) is 4.36. The Kier molecular flexibility index (Phi) is 3.37. The molecule has 0 bridgehead atoms. The van der Waals surface area contributed by atoms with Gasteiger partial charge in [0.2, 0.25) is 0 Å². The van der Waals surface area contributed by atoms with Crippen LogP contribution in [0.1, 0.15) is 21.5 Å². The summed E-state index contributed by atoms with van der Waals surface area (Å²) in [5.74, 6) is -1.39. The highest BCUT2D eigenvalue weighted by atomic mass is 19.1. The lowest BCUT2D eigenvalue weighted by Crippen LogP contribution is -2.02. The van der Waals surface area contributed by atoms with Crippen LogP contribution in [0, 0.1) is 19.7 Å². The summed E-state index contributed by atoms with van der Waals surface area (Å²) in [5.41, 5.74) is 3.67. The molecule has 0 saturated carbocycles. The molecule has 0 amide bonds. The first-order valence-corrected chi connectivity index (χ1v) is 6.87. The van der Waals surface area contributed by atoms with E-state index in [1.807, 2.05) is 26.0 Å². The van der Waals surface area contributed by atoms with Crippen molar-refractivity contribution in [3.63, 3.8) is 0 Å². The van der Waals surface area contributed by atoms with Crippen molar-refractivity contribution in [3.05, 3.63) is 65.0 Å². The lowest BCUT2D eigenvalue weighted by molar-refractivity contribution is 0.0699. The number of halogens is 1. The normalized spacial score (nSPS) is 10.9. The number of carbonyl (C=O) groups is 1. The lowest BCUT2D eigenvalue weighted by atomic mass is 9.99. The predicted molar refractivity (Wildman–Crippen MR) is 83.6 cm³/mol. The van der Waals surface area contributed by atoms with Gasteiger partial charge < -0.3 is 5.11 Å². The number of aromatic carboxylic acids is 1. The van der Waals surface area contributed by atoms with Crippen molar-refractivity contribution in [3.8, 4) is 11.3 Å². The molecule has 0 spiro atoms. The lowest BCUT2D eigenvalue weighted by Gasteiger charge is -2.10. The summed E-state index contributed by atoms with van der Waals surface area (Å²) < 4.78 is 13.4. The minimum Gasteiger partial charge on any atom is -0.478 e. The summed E-state index contributed by atoms with van der Waals surface area (Å²) in [5, 5.41) is 10.1. The maximum absolute atomic E-state index is 13.4. The van der Waals surface area contributed by atoms with Crippen LogP contribution in [0.4, 0.5) is 4.39 Å². The third-order valence-electron chi connectivity index (χ3n) is 3.60. The number of hydrogen-bond acceptors (Lipinski definition) is 2. The molecule has 1 N–H and O–H groups in total. The Morgan fingerprint density at radius 3 is 2.59 bits per heavy atom. The number of carboxylic acids is 1. The fourth-order valence-corrected chi connectivity index (χ4v) is 2.72. The smallest absolute Gasteiger partial charge is 0.336 e. The summed E-state index contributed by atoms with van der Waals surface area (Å²) in [6.45, 7) is 3.80. The summed E-state index contributed by atoms with van der Waals surface area (Å²) in [4.78, 5) is 16.1. The average molecular weight is 295 g/mol. The molecule has 0 aliphatic rings. The summed E-state index contributed by atoms with van der Waals surface area (Å²) in [6, 6.07) is 11.3. The molecule has 1 aromatic heterocycles.